The van der Waals surface area contributed by atoms with Gasteiger partial charge in [-0.05, 0) is 118 Å². The third-order valence-corrected chi connectivity index (χ3v) is 14.4. The standard InChI is InChI=1S/C65H40N2/c1-39-47(41-13-3-2-4-14-41)33-29-42-25-28-44-32-36-59(66-64(44)61(39)42)46-31-35-53-52-34-30-45(37-57(52)50-17-5-6-18-51(50)58(53)38-46)40-23-26-43(27-24-40)65-63-55-20-10-8-16-49(55)48-15-7-9-19-54(48)62(63)56-21-11-12-22-60(56)67-65/h2-38H,1H3. The summed E-state index contributed by atoms with van der Waals surface area (Å²) < 4.78 is 0. The molecule has 0 radical (unpaired) electrons. The smallest absolute Gasteiger partial charge is 0.0794 e. The molecule has 0 aliphatic rings. The fraction of sp³-hybridized carbons (Fsp3) is 0.0154. The van der Waals surface area contributed by atoms with Crippen LogP contribution in [0.25, 0.3) is 142 Å². The van der Waals surface area contributed by atoms with E-state index in [4.69, 9.17) is 9.97 Å². The van der Waals surface area contributed by atoms with E-state index in [1.54, 1.807) is 0 Å². The molecule has 0 fully saturated rings. The van der Waals surface area contributed by atoms with Crippen molar-refractivity contribution in [2.45, 2.75) is 6.92 Å². The summed E-state index contributed by atoms with van der Waals surface area (Å²) in [5.74, 6) is 0. The first-order valence-electron chi connectivity index (χ1n) is 23.1. The zero-order valence-corrected chi connectivity index (χ0v) is 36.8. The number of hydrogen-bond donors (Lipinski definition) is 0. The zero-order valence-electron chi connectivity index (χ0n) is 36.8. The second kappa shape index (κ2) is 14.7. The molecule has 2 heterocycles. The van der Waals surface area contributed by atoms with E-state index >= 15 is 0 Å². The van der Waals surface area contributed by atoms with E-state index in [2.05, 4.69) is 231 Å². The summed E-state index contributed by atoms with van der Waals surface area (Å²) in [7, 11) is 0. The molecule has 0 N–H and O–H groups in total. The summed E-state index contributed by atoms with van der Waals surface area (Å²) in [6, 6.07) is 82.0. The van der Waals surface area contributed by atoms with E-state index in [-0.39, 0.29) is 0 Å². The Morgan fingerprint density at radius 3 is 1.48 bits per heavy atom. The molecule has 2 nitrogen and oxygen atoms in total. The Kier molecular flexibility index (Phi) is 8.23. The monoisotopic (exact) mass is 848 g/mol. The maximum absolute atomic E-state index is 5.44. The number of aromatic nitrogens is 2. The number of benzene rings is 12. The average molecular weight is 849 g/mol. The van der Waals surface area contributed by atoms with Crippen LogP contribution >= 0.6 is 0 Å². The number of pyridine rings is 2. The molecule has 0 aliphatic carbocycles. The van der Waals surface area contributed by atoms with Crippen LogP contribution < -0.4 is 0 Å². The lowest BCUT2D eigenvalue weighted by molar-refractivity contribution is 1.41. The summed E-state index contributed by atoms with van der Waals surface area (Å²) in [5, 5.41) is 19.6. The van der Waals surface area contributed by atoms with Crippen LogP contribution in [-0.4, -0.2) is 9.97 Å². The molecule has 12 aromatic carbocycles. The molecule has 0 unspecified atom stereocenters. The Morgan fingerprint density at radius 1 is 0.284 bits per heavy atom. The first kappa shape index (κ1) is 37.6. The molecule has 0 aliphatic heterocycles. The van der Waals surface area contributed by atoms with Gasteiger partial charge < -0.3 is 0 Å². The van der Waals surface area contributed by atoms with Crippen molar-refractivity contribution in [3.8, 4) is 44.8 Å². The first-order chi connectivity index (χ1) is 33.1. The van der Waals surface area contributed by atoms with E-state index < -0.39 is 0 Å². The van der Waals surface area contributed by atoms with Crippen LogP contribution in [-0.2, 0) is 0 Å². The SMILES string of the molecule is Cc1c(-c2ccccc2)ccc2ccc3ccc(-c4ccc5c6ccc(-c7ccc(-c8nc9ccccc9c9c%10ccccc%10c%10ccccc%10c89)cc7)cc6c6ccccc6c5c4)nc3c12. The van der Waals surface area contributed by atoms with Gasteiger partial charge in [-0.1, -0.05) is 200 Å². The first-order valence-corrected chi connectivity index (χ1v) is 23.1. The normalized spacial score (nSPS) is 12.0. The highest BCUT2D eigenvalue weighted by atomic mass is 14.7. The Labute approximate surface area is 387 Å². The summed E-state index contributed by atoms with van der Waals surface area (Å²) in [6.07, 6.45) is 0. The molecule has 310 valence electrons. The Morgan fingerprint density at radius 2 is 0.776 bits per heavy atom. The number of para-hydroxylation sites is 1. The fourth-order valence-corrected chi connectivity index (χ4v) is 11.2. The van der Waals surface area contributed by atoms with Gasteiger partial charge in [-0.15, -0.1) is 0 Å². The molecular weight excluding hydrogens is 809 g/mol. The van der Waals surface area contributed by atoms with Crippen molar-refractivity contribution in [3.05, 3.63) is 230 Å². The molecule has 0 amide bonds. The van der Waals surface area contributed by atoms with E-state index in [1.807, 2.05) is 0 Å². The van der Waals surface area contributed by atoms with E-state index in [0.29, 0.717) is 0 Å². The van der Waals surface area contributed by atoms with Crippen LogP contribution in [0.2, 0.25) is 0 Å². The molecule has 0 saturated heterocycles. The predicted octanol–water partition coefficient (Wildman–Crippen LogP) is 17.8. The summed E-state index contributed by atoms with van der Waals surface area (Å²) in [4.78, 5) is 10.8. The van der Waals surface area contributed by atoms with Crippen molar-refractivity contribution < 1.29 is 0 Å². The van der Waals surface area contributed by atoms with E-state index in [0.717, 1.165) is 38.9 Å². The predicted molar refractivity (Wildman–Crippen MR) is 286 cm³/mol. The average Bonchev–Trinajstić information content (AvgIpc) is 3.40. The van der Waals surface area contributed by atoms with Gasteiger partial charge in [0, 0.05) is 38.1 Å². The Balaban J connectivity index is 0.887. The molecule has 0 saturated carbocycles. The van der Waals surface area contributed by atoms with Crippen LogP contribution in [0.3, 0.4) is 0 Å². The van der Waals surface area contributed by atoms with Crippen molar-refractivity contribution in [1.29, 1.82) is 0 Å². The lowest BCUT2D eigenvalue weighted by atomic mass is 9.89. The van der Waals surface area contributed by atoms with Gasteiger partial charge in [0.15, 0.2) is 0 Å². The zero-order chi connectivity index (χ0) is 44.2. The number of rotatable bonds is 4. The van der Waals surface area contributed by atoms with Crippen LogP contribution in [0.1, 0.15) is 5.56 Å². The molecule has 67 heavy (non-hydrogen) atoms. The van der Waals surface area contributed by atoms with Crippen molar-refractivity contribution in [2.24, 2.45) is 0 Å². The summed E-state index contributed by atoms with van der Waals surface area (Å²) >= 11 is 0. The quantitative estimate of drug-likeness (QED) is 0.165. The van der Waals surface area contributed by atoms with Gasteiger partial charge in [-0.2, -0.15) is 0 Å². The number of hydrogen-bond acceptors (Lipinski definition) is 2. The van der Waals surface area contributed by atoms with Crippen molar-refractivity contribution in [1.82, 2.24) is 9.97 Å². The lowest BCUT2D eigenvalue weighted by Crippen LogP contribution is -1.93. The lowest BCUT2D eigenvalue weighted by Gasteiger charge is -2.16. The van der Waals surface area contributed by atoms with Crippen molar-refractivity contribution >= 4 is 97.2 Å². The Bertz CT molecular complexity index is 4360. The molecule has 14 rings (SSSR count). The van der Waals surface area contributed by atoms with Crippen LogP contribution in [0.15, 0.2) is 224 Å². The van der Waals surface area contributed by atoms with E-state index in [1.165, 1.54) is 109 Å². The van der Waals surface area contributed by atoms with Gasteiger partial charge in [0.2, 0.25) is 0 Å². The number of fused-ring (bicyclic) bond motifs is 17. The van der Waals surface area contributed by atoms with Crippen LogP contribution in [0.4, 0.5) is 0 Å². The molecular formula is C65H40N2. The fourth-order valence-electron chi connectivity index (χ4n) is 11.2. The minimum Gasteiger partial charge on any atom is -0.247 e. The van der Waals surface area contributed by atoms with Crippen LogP contribution in [0, 0.1) is 6.92 Å². The molecule has 0 spiro atoms. The maximum atomic E-state index is 5.44. The highest BCUT2D eigenvalue weighted by Crippen LogP contribution is 2.44. The van der Waals surface area contributed by atoms with Crippen LogP contribution in [0.5, 0.6) is 0 Å². The van der Waals surface area contributed by atoms with Crippen molar-refractivity contribution in [3.63, 3.8) is 0 Å². The highest BCUT2D eigenvalue weighted by molar-refractivity contribution is 6.33. The largest absolute Gasteiger partial charge is 0.247 e. The van der Waals surface area contributed by atoms with Gasteiger partial charge in [0.05, 0.1) is 22.4 Å². The molecule has 2 aromatic heterocycles. The minimum absolute atomic E-state index is 0.975. The summed E-state index contributed by atoms with van der Waals surface area (Å²) in [5.41, 5.74) is 12.3. The second-order valence-corrected chi connectivity index (χ2v) is 18.0. The Hall–Kier alpha value is -8.72. The minimum atomic E-state index is 0.975. The molecule has 2 heteroatoms. The van der Waals surface area contributed by atoms with Gasteiger partial charge in [0.1, 0.15) is 0 Å². The van der Waals surface area contributed by atoms with Gasteiger partial charge in [0.25, 0.3) is 0 Å². The van der Waals surface area contributed by atoms with Gasteiger partial charge >= 0.3 is 0 Å². The van der Waals surface area contributed by atoms with Gasteiger partial charge in [-0.25, -0.2) is 9.97 Å². The topological polar surface area (TPSA) is 25.8 Å². The molecule has 14 aromatic rings. The second-order valence-electron chi connectivity index (χ2n) is 18.0. The maximum Gasteiger partial charge on any atom is 0.0794 e. The number of aryl methyl sites for hydroxylation is 1. The van der Waals surface area contributed by atoms with E-state index in [9.17, 15) is 0 Å². The molecule has 0 bridgehead atoms. The summed E-state index contributed by atoms with van der Waals surface area (Å²) in [6.45, 7) is 2.24. The van der Waals surface area contributed by atoms with Crippen molar-refractivity contribution in [2.75, 3.05) is 0 Å². The highest BCUT2D eigenvalue weighted by Gasteiger charge is 2.19. The third-order valence-electron chi connectivity index (χ3n) is 14.4. The van der Waals surface area contributed by atoms with Gasteiger partial charge in [-0.3, -0.25) is 0 Å². The molecule has 0 atom stereocenters. The third kappa shape index (κ3) is 5.76. The number of nitrogens with zero attached hydrogens (tertiary/aromatic N) is 2.